The summed E-state index contributed by atoms with van der Waals surface area (Å²) in [7, 11) is -1.80. The Kier molecular flexibility index (Phi) is 3.73. The Balaban J connectivity index is 1.97. The molecular weight excluding hydrogens is 312 g/mol. The topological polar surface area (TPSA) is 43.1 Å². The Morgan fingerprint density at radius 3 is 2.52 bits per heavy atom. The third kappa shape index (κ3) is 2.69. The molecule has 3 aromatic rings. The van der Waals surface area contributed by atoms with Gasteiger partial charge in [-0.15, -0.1) is 11.3 Å². The van der Waals surface area contributed by atoms with Crippen molar-refractivity contribution < 1.29 is 13.0 Å². The molecule has 0 aliphatic carbocycles. The zero-order chi connectivity index (χ0) is 15.0. The number of rotatable bonds is 3. The van der Waals surface area contributed by atoms with Gasteiger partial charge < -0.3 is 5.73 Å². The summed E-state index contributed by atoms with van der Waals surface area (Å²) in [5.74, 6) is -1.67. The van der Waals surface area contributed by atoms with E-state index in [2.05, 4.69) is 0 Å². The smallest absolute Gasteiger partial charge is 0.144 e. The molecule has 0 radical (unpaired) electrons. The fourth-order valence-electron chi connectivity index (χ4n) is 2.15. The van der Waals surface area contributed by atoms with Crippen LogP contribution in [0.3, 0.4) is 0 Å². The van der Waals surface area contributed by atoms with E-state index >= 15 is 0 Å². The van der Waals surface area contributed by atoms with Gasteiger partial charge in [-0.2, -0.15) is 0 Å². The standard InChI is InChI=1S/C15H11F2NOS2/c16-12-5-10(18)6-13(17)15(12)21(19)8-9-7-20-14-4-2-1-3-11(9)14/h1-7H,8,18H2. The molecule has 1 unspecified atom stereocenters. The first-order valence-corrected chi connectivity index (χ1v) is 8.34. The van der Waals surface area contributed by atoms with E-state index in [1.807, 2.05) is 29.6 Å². The first-order valence-electron chi connectivity index (χ1n) is 6.14. The minimum atomic E-state index is -1.80. The Morgan fingerprint density at radius 2 is 1.81 bits per heavy atom. The second-order valence-corrected chi connectivity index (χ2v) is 6.86. The number of fused-ring (bicyclic) bond motifs is 1. The largest absolute Gasteiger partial charge is 0.399 e. The zero-order valence-electron chi connectivity index (χ0n) is 10.8. The maximum absolute atomic E-state index is 13.8. The van der Waals surface area contributed by atoms with Crippen LogP contribution in [0.15, 0.2) is 46.7 Å². The molecule has 6 heteroatoms. The molecule has 0 saturated carbocycles. The van der Waals surface area contributed by atoms with Crippen LogP contribution < -0.4 is 5.73 Å². The molecular formula is C15H11F2NOS2. The van der Waals surface area contributed by atoms with Crippen LogP contribution in [0.4, 0.5) is 14.5 Å². The maximum atomic E-state index is 13.8. The maximum Gasteiger partial charge on any atom is 0.144 e. The van der Waals surface area contributed by atoms with Crippen LogP contribution in [-0.4, -0.2) is 4.21 Å². The average Bonchev–Trinajstić information content (AvgIpc) is 2.81. The van der Waals surface area contributed by atoms with E-state index in [1.54, 1.807) is 0 Å². The van der Waals surface area contributed by atoms with Gasteiger partial charge in [-0.05, 0) is 34.5 Å². The van der Waals surface area contributed by atoms with Gasteiger partial charge >= 0.3 is 0 Å². The van der Waals surface area contributed by atoms with Crippen LogP contribution in [0, 0.1) is 11.6 Å². The molecule has 1 heterocycles. The van der Waals surface area contributed by atoms with Gasteiger partial charge in [0.05, 0.1) is 16.6 Å². The highest BCUT2D eigenvalue weighted by atomic mass is 32.2. The molecule has 0 aliphatic rings. The van der Waals surface area contributed by atoms with Gasteiger partial charge in [0.2, 0.25) is 0 Å². The van der Waals surface area contributed by atoms with E-state index in [9.17, 15) is 13.0 Å². The van der Waals surface area contributed by atoms with Gasteiger partial charge in [0.25, 0.3) is 0 Å². The molecule has 0 fully saturated rings. The van der Waals surface area contributed by atoms with E-state index in [0.29, 0.717) is 0 Å². The molecule has 3 rings (SSSR count). The molecule has 2 N–H and O–H groups in total. The minimum Gasteiger partial charge on any atom is -0.399 e. The van der Waals surface area contributed by atoms with Crippen molar-refractivity contribution in [2.75, 3.05) is 5.73 Å². The van der Waals surface area contributed by atoms with Crippen molar-refractivity contribution in [2.24, 2.45) is 0 Å². The lowest BCUT2D eigenvalue weighted by Crippen LogP contribution is -2.03. The van der Waals surface area contributed by atoms with Gasteiger partial charge in [0.1, 0.15) is 16.5 Å². The molecule has 1 atom stereocenters. The molecule has 0 amide bonds. The summed E-state index contributed by atoms with van der Waals surface area (Å²) >= 11 is 1.52. The molecule has 2 aromatic carbocycles. The van der Waals surface area contributed by atoms with Crippen molar-refractivity contribution in [2.45, 2.75) is 10.6 Å². The highest BCUT2D eigenvalue weighted by Crippen LogP contribution is 2.29. The Labute approximate surface area is 126 Å². The lowest BCUT2D eigenvalue weighted by atomic mass is 10.2. The van der Waals surface area contributed by atoms with E-state index in [-0.39, 0.29) is 11.4 Å². The number of nitrogen functional groups attached to an aromatic ring is 1. The number of hydrogen-bond acceptors (Lipinski definition) is 3. The molecule has 0 aliphatic heterocycles. The third-order valence-corrected chi connectivity index (χ3v) is 5.53. The number of benzene rings is 2. The van der Waals surface area contributed by atoms with Crippen LogP contribution in [0.2, 0.25) is 0 Å². The average molecular weight is 323 g/mol. The van der Waals surface area contributed by atoms with Crippen LogP contribution in [0.5, 0.6) is 0 Å². The molecule has 0 spiro atoms. The fourth-order valence-corrected chi connectivity index (χ4v) is 4.44. The van der Waals surface area contributed by atoms with Gasteiger partial charge in [-0.25, -0.2) is 8.78 Å². The summed E-state index contributed by atoms with van der Waals surface area (Å²) in [5.41, 5.74) is 6.16. The summed E-state index contributed by atoms with van der Waals surface area (Å²) in [6, 6.07) is 9.64. The number of thiophene rings is 1. The van der Waals surface area contributed by atoms with Crippen molar-refractivity contribution in [1.29, 1.82) is 0 Å². The van der Waals surface area contributed by atoms with Gasteiger partial charge in [-0.1, -0.05) is 18.2 Å². The summed E-state index contributed by atoms with van der Waals surface area (Å²) in [6.07, 6.45) is 0. The van der Waals surface area contributed by atoms with E-state index < -0.39 is 27.3 Å². The molecule has 1 aromatic heterocycles. The molecule has 21 heavy (non-hydrogen) atoms. The van der Waals surface area contributed by atoms with Gasteiger partial charge in [0, 0.05) is 10.4 Å². The van der Waals surface area contributed by atoms with Crippen molar-refractivity contribution in [3.8, 4) is 0 Å². The van der Waals surface area contributed by atoms with E-state index in [4.69, 9.17) is 5.73 Å². The second kappa shape index (κ2) is 5.54. The summed E-state index contributed by atoms with van der Waals surface area (Å²) < 4.78 is 40.9. The molecule has 2 nitrogen and oxygen atoms in total. The Bertz CT molecular complexity index is 822. The number of halogens is 2. The first-order chi connectivity index (χ1) is 10.1. The highest BCUT2D eigenvalue weighted by Gasteiger charge is 2.18. The highest BCUT2D eigenvalue weighted by molar-refractivity contribution is 7.84. The number of nitrogens with two attached hydrogens (primary N) is 1. The predicted molar refractivity (Wildman–Crippen MR) is 82.7 cm³/mol. The number of hydrogen-bond donors (Lipinski definition) is 1. The van der Waals surface area contributed by atoms with Crippen LogP contribution in [0.1, 0.15) is 5.56 Å². The van der Waals surface area contributed by atoms with Crippen LogP contribution in [0.25, 0.3) is 10.1 Å². The van der Waals surface area contributed by atoms with E-state index in [0.717, 1.165) is 27.8 Å². The zero-order valence-corrected chi connectivity index (χ0v) is 12.4. The molecule has 0 bridgehead atoms. The number of anilines is 1. The summed E-state index contributed by atoms with van der Waals surface area (Å²) in [4.78, 5) is -0.417. The predicted octanol–water partition coefficient (Wildman–Crippen LogP) is 4.07. The SMILES string of the molecule is Nc1cc(F)c(S(=O)Cc2csc3ccccc23)c(F)c1. The van der Waals surface area contributed by atoms with Crippen molar-refractivity contribution in [3.05, 3.63) is 59.0 Å². The fraction of sp³-hybridized carbons (Fsp3) is 0.0667. The van der Waals surface area contributed by atoms with Gasteiger partial charge in [0.15, 0.2) is 0 Å². The lowest BCUT2D eigenvalue weighted by molar-refractivity contribution is 0.535. The minimum absolute atomic E-state index is 0.0215. The Hall–Kier alpha value is -1.79. The monoisotopic (exact) mass is 323 g/mol. The first kappa shape index (κ1) is 14.2. The quantitative estimate of drug-likeness (QED) is 0.738. The second-order valence-electron chi connectivity index (χ2n) is 4.56. The third-order valence-electron chi connectivity index (χ3n) is 3.10. The van der Waals surface area contributed by atoms with E-state index in [1.165, 1.54) is 11.3 Å². The van der Waals surface area contributed by atoms with Crippen molar-refractivity contribution >= 4 is 37.9 Å². The van der Waals surface area contributed by atoms with Crippen LogP contribution >= 0.6 is 11.3 Å². The molecule has 0 saturated heterocycles. The lowest BCUT2D eigenvalue weighted by Gasteiger charge is -2.06. The molecule has 108 valence electrons. The van der Waals surface area contributed by atoms with Crippen molar-refractivity contribution in [3.63, 3.8) is 0 Å². The van der Waals surface area contributed by atoms with Gasteiger partial charge in [-0.3, -0.25) is 4.21 Å². The summed E-state index contributed by atoms with van der Waals surface area (Å²) in [6.45, 7) is 0. The normalized spacial score (nSPS) is 12.7. The van der Waals surface area contributed by atoms with Crippen LogP contribution in [-0.2, 0) is 16.6 Å². The van der Waals surface area contributed by atoms with Crippen molar-refractivity contribution in [1.82, 2.24) is 0 Å². The Morgan fingerprint density at radius 1 is 1.14 bits per heavy atom. The summed E-state index contributed by atoms with van der Waals surface area (Å²) in [5, 5.41) is 2.84.